The Morgan fingerprint density at radius 1 is 1.06 bits per heavy atom. The lowest BCUT2D eigenvalue weighted by atomic mass is 9.47. The second-order valence-electron chi connectivity index (χ2n) is 12.8. The zero-order chi connectivity index (χ0) is 22.4. The van der Waals surface area contributed by atoms with Crippen LogP contribution in [0.3, 0.4) is 0 Å². The Balaban J connectivity index is 1.47. The predicted molar refractivity (Wildman–Crippen MR) is 129 cm³/mol. The lowest BCUT2D eigenvalue weighted by Crippen LogP contribution is -2.51. The fraction of sp³-hybridized carbons (Fsp3) is 0.897. The van der Waals surface area contributed by atoms with Crippen LogP contribution in [0.4, 0.5) is 0 Å². The number of ether oxygens (including phenoxy) is 1. The number of esters is 1. The van der Waals surface area contributed by atoms with Gasteiger partial charge in [-0.3, -0.25) is 4.79 Å². The summed E-state index contributed by atoms with van der Waals surface area (Å²) in [6.45, 7) is 14.1. The maximum absolute atomic E-state index is 11.5. The van der Waals surface area contributed by atoms with Gasteiger partial charge in [0.1, 0.15) is 6.10 Å². The van der Waals surface area contributed by atoms with Crippen molar-refractivity contribution >= 4 is 5.97 Å². The number of carbonyl (C=O) groups is 1. The third kappa shape index (κ3) is 4.26. The summed E-state index contributed by atoms with van der Waals surface area (Å²) in [5.74, 6) is 5.19. The number of hydrogen-bond acceptors (Lipinski definition) is 2. The van der Waals surface area contributed by atoms with E-state index >= 15 is 0 Å². The molecule has 2 nitrogen and oxygen atoms in total. The molecule has 0 aliphatic heterocycles. The highest BCUT2D eigenvalue weighted by Crippen LogP contribution is 2.67. The van der Waals surface area contributed by atoms with Crippen LogP contribution >= 0.6 is 0 Å². The molecule has 0 heterocycles. The first kappa shape index (κ1) is 23.4. The Bertz CT molecular complexity index is 693. The van der Waals surface area contributed by atoms with Crippen LogP contribution in [-0.4, -0.2) is 12.1 Å². The van der Waals surface area contributed by atoms with E-state index in [9.17, 15) is 4.79 Å². The van der Waals surface area contributed by atoms with E-state index in [0.717, 1.165) is 48.3 Å². The van der Waals surface area contributed by atoms with Gasteiger partial charge in [0.05, 0.1) is 0 Å². The van der Waals surface area contributed by atoms with E-state index < -0.39 is 0 Å². The molecule has 0 spiro atoms. The minimum atomic E-state index is -0.115. The normalized spacial score (nSPS) is 42.9. The Morgan fingerprint density at radius 3 is 2.55 bits per heavy atom. The van der Waals surface area contributed by atoms with Gasteiger partial charge in [-0.05, 0) is 91.3 Å². The molecule has 0 aromatic rings. The zero-order valence-corrected chi connectivity index (χ0v) is 21.2. The maximum Gasteiger partial charge on any atom is 0.302 e. The summed E-state index contributed by atoms with van der Waals surface area (Å²) in [5, 5.41) is 0. The molecule has 8 atom stereocenters. The van der Waals surface area contributed by atoms with Gasteiger partial charge in [0.2, 0.25) is 0 Å². The van der Waals surface area contributed by atoms with Crippen LogP contribution in [0.2, 0.25) is 0 Å². The molecule has 0 aromatic carbocycles. The summed E-state index contributed by atoms with van der Waals surface area (Å²) in [7, 11) is 0. The summed E-state index contributed by atoms with van der Waals surface area (Å²) in [6, 6.07) is 0. The second-order valence-corrected chi connectivity index (χ2v) is 12.8. The average molecular weight is 429 g/mol. The number of rotatable bonds is 6. The molecule has 0 radical (unpaired) electrons. The molecule has 2 unspecified atom stereocenters. The van der Waals surface area contributed by atoms with E-state index in [4.69, 9.17) is 4.74 Å². The molecule has 0 amide bonds. The third-order valence-electron chi connectivity index (χ3n) is 10.6. The Hall–Kier alpha value is -0.790. The minimum absolute atomic E-state index is 0.115. The number of fused-ring (bicyclic) bond motifs is 5. The minimum Gasteiger partial charge on any atom is -0.462 e. The fourth-order valence-corrected chi connectivity index (χ4v) is 8.99. The van der Waals surface area contributed by atoms with Gasteiger partial charge in [0.25, 0.3) is 0 Å². The second kappa shape index (κ2) is 8.86. The van der Waals surface area contributed by atoms with Crippen molar-refractivity contribution in [2.45, 2.75) is 118 Å². The molecule has 31 heavy (non-hydrogen) atoms. The quantitative estimate of drug-likeness (QED) is 0.317. The number of allylic oxidation sites excluding steroid dienone is 1. The van der Waals surface area contributed by atoms with Gasteiger partial charge < -0.3 is 4.74 Å². The van der Waals surface area contributed by atoms with Crippen molar-refractivity contribution < 1.29 is 9.53 Å². The van der Waals surface area contributed by atoms with Crippen LogP contribution in [-0.2, 0) is 9.53 Å². The van der Waals surface area contributed by atoms with Crippen LogP contribution < -0.4 is 0 Å². The molecule has 0 aromatic heterocycles. The van der Waals surface area contributed by atoms with Crippen LogP contribution in [0.5, 0.6) is 0 Å². The first-order chi connectivity index (χ1) is 14.6. The van der Waals surface area contributed by atoms with E-state index in [1.165, 1.54) is 57.8 Å². The fourth-order valence-electron chi connectivity index (χ4n) is 8.99. The first-order valence-electron chi connectivity index (χ1n) is 13.5. The Morgan fingerprint density at radius 2 is 1.84 bits per heavy atom. The van der Waals surface area contributed by atoms with Crippen LogP contribution in [0.25, 0.3) is 0 Å². The van der Waals surface area contributed by atoms with Crippen LogP contribution in [0.15, 0.2) is 11.6 Å². The van der Waals surface area contributed by atoms with Gasteiger partial charge in [0, 0.05) is 13.3 Å². The van der Waals surface area contributed by atoms with Gasteiger partial charge in [-0.2, -0.15) is 0 Å². The van der Waals surface area contributed by atoms with Crippen LogP contribution in [0.1, 0.15) is 112 Å². The lowest BCUT2D eigenvalue weighted by Gasteiger charge is -2.58. The molecular weight excluding hydrogens is 380 g/mol. The van der Waals surface area contributed by atoms with Gasteiger partial charge in [-0.15, -0.1) is 0 Å². The van der Waals surface area contributed by atoms with Crippen molar-refractivity contribution in [1.29, 1.82) is 0 Å². The molecule has 4 rings (SSSR count). The largest absolute Gasteiger partial charge is 0.462 e. The summed E-state index contributed by atoms with van der Waals surface area (Å²) >= 11 is 0. The van der Waals surface area contributed by atoms with E-state index in [0.29, 0.717) is 10.8 Å². The highest BCUT2D eigenvalue weighted by atomic mass is 16.5. The van der Waals surface area contributed by atoms with Crippen molar-refractivity contribution in [3.8, 4) is 0 Å². The number of hydrogen-bond donors (Lipinski definition) is 0. The van der Waals surface area contributed by atoms with Crippen molar-refractivity contribution in [1.82, 2.24) is 0 Å². The molecule has 3 saturated carbocycles. The van der Waals surface area contributed by atoms with Crippen LogP contribution in [0, 0.1) is 46.3 Å². The van der Waals surface area contributed by atoms with E-state index in [1.54, 1.807) is 12.5 Å². The third-order valence-corrected chi connectivity index (χ3v) is 10.6. The standard InChI is InChI=1S/C29H48O2/c1-19(2)8-7-9-20(3)25-12-13-26-24-11-10-22-18-23(31-21(4)30)14-16-28(22,5)27(24)15-17-29(25,26)6/h10,19-20,23-27H,7-9,11-18H2,1-6H3/t20-,23+,24+,25-,26?,27+,28+,29?/m1/s1. The molecule has 4 aliphatic rings. The van der Waals surface area contributed by atoms with Crippen molar-refractivity contribution in [2.75, 3.05) is 0 Å². The van der Waals surface area contributed by atoms with Crippen molar-refractivity contribution in [2.24, 2.45) is 46.3 Å². The molecule has 4 aliphatic carbocycles. The number of carbonyl (C=O) groups excluding carboxylic acids is 1. The summed E-state index contributed by atoms with van der Waals surface area (Å²) in [5.41, 5.74) is 2.53. The monoisotopic (exact) mass is 428 g/mol. The molecular formula is C29H48O2. The molecule has 3 fully saturated rings. The van der Waals surface area contributed by atoms with Crippen molar-refractivity contribution in [3.05, 3.63) is 11.6 Å². The highest BCUT2D eigenvalue weighted by Gasteiger charge is 2.59. The van der Waals surface area contributed by atoms with Crippen molar-refractivity contribution in [3.63, 3.8) is 0 Å². The molecule has 0 N–H and O–H groups in total. The maximum atomic E-state index is 11.5. The van der Waals surface area contributed by atoms with Gasteiger partial charge >= 0.3 is 5.97 Å². The first-order valence-corrected chi connectivity index (χ1v) is 13.5. The highest BCUT2D eigenvalue weighted by molar-refractivity contribution is 5.66. The zero-order valence-electron chi connectivity index (χ0n) is 21.2. The summed E-state index contributed by atoms with van der Waals surface area (Å²) in [4.78, 5) is 11.5. The van der Waals surface area contributed by atoms with E-state index in [1.807, 2.05) is 0 Å². The van der Waals surface area contributed by atoms with E-state index in [2.05, 4.69) is 40.7 Å². The topological polar surface area (TPSA) is 26.3 Å². The Labute approximate surface area is 192 Å². The van der Waals surface area contributed by atoms with E-state index in [-0.39, 0.29) is 12.1 Å². The molecule has 2 heteroatoms. The molecule has 0 bridgehead atoms. The SMILES string of the molecule is CC(=O)O[C@H]1CC[C@@]2(C)C(=CC[C@H]3C4CC[C@H]([C@H](C)CCCC(C)C)C4(C)CC[C@@H]32)C1. The predicted octanol–water partition coefficient (Wildman–Crippen LogP) is 7.96. The Kier molecular flexibility index (Phi) is 6.68. The summed E-state index contributed by atoms with van der Waals surface area (Å²) in [6.07, 6.45) is 17.2. The summed E-state index contributed by atoms with van der Waals surface area (Å²) < 4.78 is 5.61. The van der Waals surface area contributed by atoms with Gasteiger partial charge in [-0.1, -0.05) is 65.5 Å². The average Bonchev–Trinajstić information content (AvgIpc) is 3.05. The smallest absolute Gasteiger partial charge is 0.302 e. The molecule has 176 valence electrons. The van der Waals surface area contributed by atoms with Gasteiger partial charge in [0.15, 0.2) is 0 Å². The van der Waals surface area contributed by atoms with Gasteiger partial charge in [-0.25, -0.2) is 0 Å². The lowest BCUT2D eigenvalue weighted by molar-refractivity contribution is -0.148. The molecule has 0 saturated heterocycles.